The molecule has 0 bridgehead atoms. The second-order valence-electron chi connectivity index (χ2n) is 4.40. The van der Waals surface area contributed by atoms with Crippen LogP contribution in [-0.4, -0.2) is 26.8 Å². The molecule has 0 unspecified atom stereocenters. The fourth-order valence-electron chi connectivity index (χ4n) is 1.69. The van der Waals surface area contributed by atoms with Gasteiger partial charge in [0.15, 0.2) is 4.34 Å². The van der Waals surface area contributed by atoms with Crippen molar-refractivity contribution < 1.29 is 9.72 Å². The first-order chi connectivity index (χ1) is 10.4. The highest BCUT2D eigenvalue weighted by molar-refractivity contribution is 8.01. The molecule has 0 aliphatic carbocycles. The van der Waals surface area contributed by atoms with E-state index in [1.165, 1.54) is 29.2 Å². The summed E-state index contributed by atoms with van der Waals surface area (Å²) in [6.45, 7) is 3.56. The number of hydrogen-bond donors (Lipinski definition) is 2. The molecular formula is C12H13N5O3S2. The molecule has 1 aromatic carbocycles. The van der Waals surface area contributed by atoms with Gasteiger partial charge < -0.3 is 11.1 Å². The second-order valence-corrected chi connectivity index (χ2v) is 6.63. The van der Waals surface area contributed by atoms with E-state index < -0.39 is 4.92 Å². The predicted molar refractivity (Wildman–Crippen MR) is 86.2 cm³/mol. The van der Waals surface area contributed by atoms with Gasteiger partial charge in [-0.2, -0.15) is 0 Å². The van der Waals surface area contributed by atoms with Gasteiger partial charge in [0.25, 0.3) is 5.69 Å². The number of carbonyl (C=O) groups excluding carboxylic acids is 1. The smallest absolute Gasteiger partial charge is 0.293 e. The maximum absolute atomic E-state index is 12.0. The molecule has 0 atom stereocenters. The maximum atomic E-state index is 12.0. The lowest BCUT2D eigenvalue weighted by Crippen LogP contribution is -2.16. The minimum absolute atomic E-state index is 0.0686. The number of amides is 1. The fraction of sp³-hybridized carbons (Fsp3) is 0.250. The topological polar surface area (TPSA) is 124 Å². The van der Waals surface area contributed by atoms with Crippen LogP contribution in [0.5, 0.6) is 0 Å². The zero-order valence-electron chi connectivity index (χ0n) is 11.8. The van der Waals surface area contributed by atoms with Crippen molar-refractivity contribution in [3.8, 4) is 0 Å². The molecule has 0 aliphatic rings. The van der Waals surface area contributed by atoms with Crippen molar-refractivity contribution >= 4 is 45.5 Å². The number of nitrogen functional groups attached to an aromatic ring is 1. The van der Waals surface area contributed by atoms with Crippen molar-refractivity contribution in [3.63, 3.8) is 0 Å². The highest BCUT2D eigenvalue weighted by Gasteiger charge is 2.19. The van der Waals surface area contributed by atoms with Crippen LogP contribution in [0.2, 0.25) is 0 Å². The summed E-state index contributed by atoms with van der Waals surface area (Å²) in [5.41, 5.74) is 7.10. The second kappa shape index (κ2) is 6.71. The third-order valence-electron chi connectivity index (χ3n) is 2.92. The summed E-state index contributed by atoms with van der Waals surface area (Å²) in [5, 5.41) is 21.4. The largest absolute Gasteiger partial charge is 0.374 e. The fourth-order valence-corrected chi connectivity index (χ4v) is 3.13. The van der Waals surface area contributed by atoms with E-state index in [1.807, 2.05) is 6.92 Å². The lowest BCUT2D eigenvalue weighted by molar-refractivity contribution is -0.384. The number of nitrogens with one attached hydrogen (secondary N) is 1. The highest BCUT2D eigenvalue weighted by Crippen LogP contribution is 2.30. The molecule has 1 aromatic heterocycles. The van der Waals surface area contributed by atoms with Gasteiger partial charge in [0.1, 0.15) is 5.69 Å². The summed E-state index contributed by atoms with van der Waals surface area (Å²) in [6, 6.07) is 3.04. The molecule has 0 saturated heterocycles. The summed E-state index contributed by atoms with van der Waals surface area (Å²) in [6.07, 6.45) is 0. The normalized spacial score (nSPS) is 10.5. The molecule has 3 N–H and O–H groups in total. The molecule has 0 spiro atoms. The average Bonchev–Trinajstić information content (AvgIpc) is 2.87. The molecule has 0 fully saturated rings. The van der Waals surface area contributed by atoms with E-state index in [9.17, 15) is 14.9 Å². The number of anilines is 2. The number of nitrogens with zero attached hydrogens (tertiary/aromatic N) is 3. The molecular weight excluding hydrogens is 326 g/mol. The van der Waals surface area contributed by atoms with Crippen molar-refractivity contribution in [3.05, 3.63) is 33.4 Å². The first kappa shape index (κ1) is 16.2. The van der Waals surface area contributed by atoms with Crippen LogP contribution in [0, 0.1) is 24.0 Å². The zero-order valence-corrected chi connectivity index (χ0v) is 13.5. The van der Waals surface area contributed by atoms with Gasteiger partial charge in [-0.15, -0.1) is 10.2 Å². The molecule has 1 amide bonds. The molecule has 116 valence electrons. The summed E-state index contributed by atoms with van der Waals surface area (Å²) in [4.78, 5) is 22.6. The molecule has 0 saturated carbocycles. The first-order valence-corrected chi connectivity index (χ1v) is 7.95. The van der Waals surface area contributed by atoms with Crippen LogP contribution < -0.4 is 11.1 Å². The molecule has 22 heavy (non-hydrogen) atoms. The van der Waals surface area contributed by atoms with Crippen LogP contribution >= 0.6 is 23.1 Å². The molecule has 0 aliphatic heterocycles. The van der Waals surface area contributed by atoms with Crippen molar-refractivity contribution in [2.24, 2.45) is 0 Å². The number of benzene rings is 1. The number of thioether (sulfide) groups is 1. The Morgan fingerprint density at radius 1 is 1.45 bits per heavy atom. The van der Waals surface area contributed by atoms with Gasteiger partial charge in [-0.1, -0.05) is 29.2 Å². The van der Waals surface area contributed by atoms with Crippen LogP contribution in [0.1, 0.15) is 11.1 Å². The van der Waals surface area contributed by atoms with E-state index in [0.29, 0.717) is 15.0 Å². The molecule has 2 rings (SSSR count). The van der Waals surface area contributed by atoms with E-state index in [4.69, 9.17) is 5.73 Å². The quantitative estimate of drug-likeness (QED) is 0.487. The number of nitro groups is 1. The molecule has 8 nitrogen and oxygen atoms in total. The van der Waals surface area contributed by atoms with E-state index in [1.54, 1.807) is 13.0 Å². The number of aryl methyl sites for hydroxylation is 1. The summed E-state index contributed by atoms with van der Waals surface area (Å²) >= 11 is 2.36. The van der Waals surface area contributed by atoms with Crippen molar-refractivity contribution in [1.82, 2.24) is 10.2 Å². The minimum atomic E-state index is -0.513. The van der Waals surface area contributed by atoms with Crippen molar-refractivity contribution in [1.29, 1.82) is 0 Å². The van der Waals surface area contributed by atoms with Crippen LogP contribution in [0.25, 0.3) is 0 Å². The number of rotatable bonds is 5. The number of hydrogen-bond acceptors (Lipinski definition) is 8. The number of aromatic nitrogens is 2. The number of nitro benzene ring substituents is 1. The van der Waals surface area contributed by atoms with Gasteiger partial charge >= 0.3 is 0 Å². The van der Waals surface area contributed by atoms with Crippen molar-refractivity contribution in [2.75, 3.05) is 16.8 Å². The standard InChI is InChI=1S/C12H13N5O3S2/c1-6-3-4-8(17(19)20)10(7(6)2)14-9(18)5-21-12-16-15-11(13)22-12/h3-4H,5H2,1-2H3,(H2,13,15)(H,14,18). The third kappa shape index (κ3) is 3.71. The zero-order chi connectivity index (χ0) is 16.3. The summed E-state index contributed by atoms with van der Waals surface area (Å²) in [5.74, 6) is -0.283. The Balaban J connectivity index is 2.11. The van der Waals surface area contributed by atoms with Gasteiger partial charge in [-0.05, 0) is 25.0 Å². The van der Waals surface area contributed by atoms with Crippen LogP contribution in [-0.2, 0) is 4.79 Å². The van der Waals surface area contributed by atoms with Gasteiger partial charge in [-0.3, -0.25) is 14.9 Å². The molecule has 1 heterocycles. The summed E-state index contributed by atoms with van der Waals surface area (Å²) < 4.78 is 0.572. The van der Waals surface area contributed by atoms with E-state index >= 15 is 0 Å². The Morgan fingerprint density at radius 2 is 2.18 bits per heavy atom. The van der Waals surface area contributed by atoms with Gasteiger partial charge in [0.05, 0.1) is 10.7 Å². The first-order valence-electron chi connectivity index (χ1n) is 6.14. The Hall–Kier alpha value is -2.20. The average molecular weight is 339 g/mol. The Morgan fingerprint density at radius 3 is 2.77 bits per heavy atom. The summed E-state index contributed by atoms with van der Waals surface area (Å²) in [7, 11) is 0. The molecule has 0 radical (unpaired) electrons. The lowest BCUT2D eigenvalue weighted by atomic mass is 10.1. The Kier molecular flexibility index (Phi) is 4.93. The minimum Gasteiger partial charge on any atom is -0.374 e. The van der Waals surface area contributed by atoms with E-state index in [-0.39, 0.29) is 23.0 Å². The van der Waals surface area contributed by atoms with Gasteiger partial charge in [-0.25, -0.2) is 0 Å². The Bertz CT molecular complexity index is 732. The van der Waals surface area contributed by atoms with Gasteiger partial charge in [0.2, 0.25) is 11.0 Å². The number of nitrogens with two attached hydrogens (primary N) is 1. The van der Waals surface area contributed by atoms with Crippen LogP contribution in [0.15, 0.2) is 16.5 Å². The monoisotopic (exact) mass is 339 g/mol. The van der Waals surface area contributed by atoms with Crippen LogP contribution in [0.4, 0.5) is 16.5 Å². The third-order valence-corrected chi connectivity index (χ3v) is 4.81. The van der Waals surface area contributed by atoms with Crippen molar-refractivity contribution in [2.45, 2.75) is 18.2 Å². The Labute approximate surface area is 134 Å². The number of carbonyl (C=O) groups is 1. The predicted octanol–water partition coefficient (Wildman–Crippen LogP) is 2.38. The van der Waals surface area contributed by atoms with E-state index in [0.717, 1.165) is 5.56 Å². The van der Waals surface area contributed by atoms with Crippen LogP contribution in [0.3, 0.4) is 0 Å². The lowest BCUT2D eigenvalue weighted by Gasteiger charge is -2.10. The van der Waals surface area contributed by atoms with Gasteiger partial charge in [0, 0.05) is 6.07 Å². The van der Waals surface area contributed by atoms with E-state index in [2.05, 4.69) is 15.5 Å². The maximum Gasteiger partial charge on any atom is 0.293 e. The SMILES string of the molecule is Cc1ccc([N+](=O)[O-])c(NC(=O)CSc2nnc(N)s2)c1C. The molecule has 2 aromatic rings. The highest BCUT2D eigenvalue weighted by atomic mass is 32.2. The molecule has 10 heteroatoms.